The predicted molar refractivity (Wildman–Crippen MR) is 51.3 cm³/mol. The first-order chi connectivity index (χ1) is 6.84. The van der Waals surface area contributed by atoms with Crippen LogP contribution in [0.5, 0.6) is 5.88 Å². The van der Waals surface area contributed by atoms with Crippen LogP contribution in [0.3, 0.4) is 0 Å². The van der Waals surface area contributed by atoms with Crippen LogP contribution in [0.1, 0.15) is 0 Å². The summed E-state index contributed by atoms with van der Waals surface area (Å²) in [6, 6.07) is 8.98. The highest BCUT2D eigenvalue weighted by molar-refractivity contribution is 5.32. The van der Waals surface area contributed by atoms with Gasteiger partial charge in [0.25, 0.3) is 5.88 Å². The average molecular weight is 224 g/mol. The number of nitrogen functional groups attached to an aromatic ring is 1. The maximum atomic E-state index is 5.54. The van der Waals surface area contributed by atoms with E-state index in [0.717, 1.165) is 0 Å². The Morgan fingerprint density at radius 3 is 2.47 bits per heavy atom. The third-order valence-corrected chi connectivity index (χ3v) is 1.66. The molecule has 4 nitrogen and oxygen atoms in total. The molecule has 5 heteroatoms. The highest BCUT2D eigenvalue weighted by Crippen LogP contribution is 2.01. The summed E-state index contributed by atoms with van der Waals surface area (Å²) in [7, 11) is 0. The largest absolute Gasteiger partial charge is 1.00 e. The van der Waals surface area contributed by atoms with Crippen LogP contribution in [0.15, 0.2) is 48.9 Å². The molecule has 0 radical (unpaired) electrons. The van der Waals surface area contributed by atoms with Gasteiger partial charge in [-0.2, -0.15) is 0 Å². The van der Waals surface area contributed by atoms with Gasteiger partial charge in [-0.05, 0) is 6.07 Å². The van der Waals surface area contributed by atoms with Crippen molar-refractivity contribution in [3.05, 3.63) is 48.9 Å². The summed E-state index contributed by atoms with van der Waals surface area (Å²) in [6.45, 7) is 0. The Balaban J connectivity index is 0.00000112. The molecule has 0 saturated carbocycles. The smallest absolute Gasteiger partial charge is 0.295 e. The molecule has 78 valence electrons. The van der Waals surface area contributed by atoms with Gasteiger partial charge in [-0.25, -0.2) is 9.82 Å². The van der Waals surface area contributed by atoms with Gasteiger partial charge in [-0.1, -0.05) is 6.07 Å². The summed E-state index contributed by atoms with van der Waals surface area (Å²) >= 11 is 0. The zero-order chi connectivity index (χ0) is 9.80. The Bertz CT molecular complexity index is 405. The van der Waals surface area contributed by atoms with Gasteiger partial charge in [0, 0.05) is 34.8 Å². The molecule has 2 heterocycles. The molecule has 2 aromatic heterocycles. The van der Waals surface area contributed by atoms with Gasteiger partial charge in [0.15, 0.2) is 0 Å². The number of halogens is 1. The summed E-state index contributed by atoms with van der Waals surface area (Å²) < 4.78 is 1.54. The summed E-state index contributed by atoms with van der Waals surface area (Å²) in [4.78, 5) is 9.41. The first-order valence-electron chi connectivity index (χ1n) is 4.21. The molecule has 0 aliphatic carbocycles. The standard InChI is InChI=1S/C10H9N3O.ClH/c11-9-4-7-13(8-5-9)14-10-3-1-2-6-12-10;/h1-8,11H;1H. The lowest BCUT2D eigenvalue weighted by atomic mass is 10.4. The Hall–Kier alpha value is -1.81. The average Bonchev–Trinajstić information content (AvgIpc) is 2.23. The lowest BCUT2D eigenvalue weighted by Gasteiger charge is -1.95. The van der Waals surface area contributed by atoms with E-state index in [9.17, 15) is 0 Å². The van der Waals surface area contributed by atoms with Gasteiger partial charge < -0.3 is 18.1 Å². The van der Waals surface area contributed by atoms with E-state index in [-0.39, 0.29) is 12.4 Å². The summed E-state index contributed by atoms with van der Waals surface area (Å²) in [5.74, 6) is 0.544. The molecule has 0 amide bonds. The topological polar surface area (TPSA) is 52.0 Å². The molecule has 2 N–H and O–H groups in total. The van der Waals surface area contributed by atoms with Crippen molar-refractivity contribution in [2.24, 2.45) is 0 Å². The van der Waals surface area contributed by atoms with E-state index in [1.807, 2.05) is 12.1 Å². The van der Waals surface area contributed by atoms with E-state index in [1.165, 1.54) is 0 Å². The van der Waals surface area contributed by atoms with Gasteiger partial charge in [0.1, 0.15) is 0 Å². The number of anilines is 1. The number of nitrogens with two attached hydrogens (primary N) is 1. The van der Waals surface area contributed by atoms with Crippen LogP contribution in [-0.4, -0.2) is 4.98 Å². The fraction of sp³-hybridized carbons (Fsp3) is 0. The molecule has 0 saturated heterocycles. The zero-order valence-corrected chi connectivity index (χ0v) is 8.63. The van der Waals surface area contributed by atoms with E-state index >= 15 is 0 Å². The molecule has 0 atom stereocenters. The number of hydrogen-bond donors (Lipinski definition) is 1. The van der Waals surface area contributed by atoms with Gasteiger partial charge in [-0.3, -0.25) is 0 Å². The van der Waals surface area contributed by atoms with Crippen molar-refractivity contribution in [1.82, 2.24) is 4.98 Å². The van der Waals surface area contributed by atoms with Gasteiger partial charge in [0.05, 0.1) is 0 Å². The lowest BCUT2D eigenvalue weighted by molar-refractivity contribution is -0.875. The van der Waals surface area contributed by atoms with Gasteiger partial charge in [-0.15, -0.1) is 0 Å². The number of aromatic nitrogens is 2. The van der Waals surface area contributed by atoms with Crippen molar-refractivity contribution in [2.45, 2.75) is 0 Å². The molecule has 0 fully saturated rings. The van der Waals surface area contributed by atoms with Crippen LogP contribution in [0, 0.1) is 0 Å². The van der Waals surface area contributed by atoms with Crippen LogP contribution < -0.4 is 27.7 Å². The van der Waals surface area contributed by atoms with E-state index in [0.29, 0.717) is 11.6 Å². The molecule has 2 rings (SSSR count). The van der Waals surface area contributed by atoms with Crippen molar-refractivity contribution in [1.29, 1.82) is 0 Å². The van der Waals surface area contributed by atoms with E-state index in [2.05, 4.69) is 4.98 Å². The number of rotatable bonds is 2. The Morgan fingerprint density at radius 2 is 1.87 bits per heavy atom. The van der Waals surface area contributed by atoms with E-state index in [4.69, 9.17) is 10.6 Å². The lowest BCUT2D eigenvalue weighted by Crippen LogP contribution is -3.00. The van der Waals surface area contributed by atoms with Crippen molar-refractivity contribution in [3.8, 4) is 5.88 Å². The normalized spacial score (nSPS) is 9.07. The Kier molecular flexibility index (Phi) is 3.88. The van der Waals surface area contributed by atoms with Crippen LogP contribution in [0.2, 0.25) is 0 Å². The van der Waals surface area contributed by atoms with Crippen molar-refractivity contribution in [2.75, 3.05) is 5.73 Å². The van der Waals surface area contributed by atoms with E-state index in [1.54, 1.807) is 41.5 Å². The number of nitrogens with zero attached hydrogens (tertiary/aromatic N) is 2. The van der Waals surface area contributed by atoms with Crippen molar-refractivity contribution >= 4 is 5.69 Å². The van der Waals surface area contributed by atoms with Crippen molar-refractivity contribution < 1.29 is 22.0 Å². The number of hydrogen-bond acceptors (Lipinski definition) is 3. The first kappa shape index (κ1) is 11.3. The quantitative estimate of drug-likeness (QED) is 0.588. The van der Waals surface area contributed by atoms with Gasteiger partial charge in [0.2, 0.25) is 12.4 Å². The fourth-order valence-corrected chi connectivity index (χ4v) is 0.994. The molecule has 0 aliphatic rings. The SMILES string of the molecule is Nc1cc[n+](Oc2ccccn2)cc1.[Cl-]. The highest BCUT2D eigenvalue weighted by atomic mass is 35.5. The molecule has 0 bridgehead atoms. The molecule has 0 unspecified atom stereocenters. The number of pyridine rings is 2. The molecule has 15 heavy (non-hydrogen) atoms. The zero-order valence-electron chi connectivity index (χ0n) is 7.88. The summed E-state index contributed by atoms with van der Waals surface area (Å²) in [6.07, 6.45) is 5.13. The molecular formula is C10H10ClN3O. The first-order valence-corrected chi connectivity index (χ1v) is 4.21. The summed E-state index contributed by atoms with van der Waals surface area (Å²) in [5, 5.41) is 0. The predicted octanol–water partition coefficient (Wildman–Crippen LogP) is -2.20. The second-order valence-electron chi connectivity index (χ2n) is 2.75. The maximum Gasteiger partial charge on any atom is 0.295 e. The van der Waals surface area contributed by atoms with Crippen molar-refractivity contribution in [3.63, 3.8) is 0 Å². The van der Waals surface area contributed by atoms with Crippen LogP contribution in [0.25, 0.3) is 0 Å². The fourth-order valence-electron chi connectivity index (χ4n) is 0.994. The third kappa shape index (κ3) is 3.11. The van der Waals surface area contributed by atoms with Crippen LogP contribution in [-0.2, 0) is 0 Å². The Labute approximate surface area is 93.7 Å². The minimum atomic E-state index is 0. The molecule has 0 aromatic carbocycles. The summed E-state index contributed by atoms with van der Waals surface area (Å²) in [5.41, 5.74) is 6.24. The van der Waals surface area contributed by atoms with E-state index < -0.39 is 0 Å². The second-order valence-corrected chi connectivity index (χ2v) is 2.75. The molecular weight excluding hydrogens is 214 g/mol. The Morgan fingerprint density at radius 1 is 1.13 bits per heavy atom. The molecule has 0 aliphatic heterocycles. The van der Waals surface area contributed by atoms with Gasteiger partial charge >= 0.3 is 0 Å². The minimum absolute atomic E-state index is 0. The molecule has 2 aromatic rings. The van der Waals surface area contributed by atoms with Crippen LogP contribution in [0.4, 0.5) is 5.69 Å². The maximum absolute atomic E-state index is 5.54. The second kappa shape index (κ2) is 5.17. The van der Waals surface area contributed by atoms with Crippen LogP contribution >= 0.6 is 0 Å². The monoisotopic (exact) mass is 223 g/mol. The highest BCUT2D eigenvalue weighted by Gasteiger charge is 2.02. The molecule has 0 spiro atoms. The minimum Gasteiger partial charge on any atom is -1.00 e. The third-order valence-electron chi connectivity index (χ3n) is 1.66.